The van der Waals surface area contributed by atoms with Crippen LogP contribution in [0.2, 0.25) is 0 Å². The number of hydrogen-bond acceptors (Lipinski definition) is 6. The molecule has 0 amide bonds. The quantitative estimate of drug-likeness (QED) is 0.170. The van der Waals surface area contributed by atoms with Crippen LogP contribution in [-0.4, -0.2) is 19.9 Å². The fraction of sp³-hybridized carbons (Fsp3) is 0. The van der Waals surface area contributed by atoms with Gasteiger partial charge in [0.25, 0.3) is 0 Å². The number of furan rings is 1. The van der Waals surface area contributed by atoms with Crippen molar-refractivity contribution in [2.75, 3.05) is 0 Å². The van der Waals surface area contributed by atoms with Gasteiger partial charge < -0.3 is 8.83 Å². The van der Waals surface area contributed by atoms with Crippen LogP contribution in [0.5, 0.6) is 0 Å². The molecule has 11 aromatic rings. The zero-order valence-corrected chi connectivity index (χ0v) is 29.9. The monoisotopic (exact) mass is 718 g/mol. The number of oxazole rings is 1. The van der Waals surface area contributed by atoms with Crippen molar-refractivity contribution in [3.8, 4) is 67.9 Å². The minimum Gasteiger partial charge on any atom is -0.456 e. The van der Waals surface area contributed by atoms with E-state index in [0.717, 1.165) is 82.7 Å². The molecule has 3 aromatic heterocycles. The Bertz CT molecular complexity index is 3170. The third kappa shape index (κ3) is 5.51. The molecule has 6 nitrogen and oxygen atoms in total. The first-order chi connectivity index (χ1) is 27.7. The van der Waals surface area contributed by atoms with Gasteiger partial charge in [0.1, 0.15) is 16.7 Å². The molecule has 0 bridgehead atoms. The predicted octanol–water partition coefficient (Wildman–Crippen LogP) is 13.1. The summed E-state index contributed by atoms with van der Waals surface area (Å²) in [5.41, 5.74) is 11.0. The average Bonchev–Trinajstić information content (AvgIpc) is 3.89. The summed E-state index contributed by atoms with van der Waals surface area (Å²) in [4.78, 5) is 20.5. The zero-order chi connectivity index (χ0) is 37.0. The molecule has 3 heterocycles. The molecule has 0 spiro atoms. The summed E-state index contributed by atoms with van der Waals surface area (Å²) in [6, 6.07) is 61.9. The van der Waals surface area contributed by atoms with Gasteiger partial charge in [-0.2, -0.15) is 0 Å². The van der Waals surface area contributed by atoms with E-state index in [-0.39, 0.29) is 0 Å². The molecular formula is C50H30N4O2. The van der Waals surface area contributed by atoms with Crippen molar-refractivity contribution in [1.82, 2.24) is 19.9 Å². The molecule has 6 heteroatoms. The van der Waals surface area contributed by atoms with Gasteiger partial charge in [0.05, 0.1) is 5.39 Å². The van der Waals surface area contributed by atoms with E-state index in [1.807, 2.05) is 91.0 Å². The maximum Gasteiger partial charge on any atom is 0.227 e. The number of aromatic nitrogens is 4. The molecule has 0 N–H and O–H groups in total. The lowest BCUT2D eigenvalue weighted by atomic mass is 9.96. The highest BCUT2D eigenvalue weighted by Crippen LogP contribution is 2.41. The summed E-state index contributed by atoms with van der Waals surface area (Å²) in [5.74, 6) is 2.33. The molecule has 0 fully saturated rings. The van der Waals surface area contributed by atoms with E-state index in [9.17, 15) is 0 Å². The first kappa shape index (κ1) is 31.8. The summed E-state index contributed by atoms with van der Waals surface area (Å²) in [7, 11) is 0. The number of fused-ring (bicyclic) bond motifs is 7. The molecule has 0 radical (unpaired) electrons. The Labute approximate surface area is 321 Å². The van der Waals surface area contributed by atoms with Gasteiger partial charge in [0, 0.05) is 27.6 Å². The van der Waals surface area contributed by atoms with Crippen molar-refractivity contribution in [2.24, 2.45) is 0 Å². The first-order valence-electron chi connectivity index (χ1n) is 18.5. The topological polar surface area (TPSA) is 77.8 Å². The molecule has 0 aliphatic rings. The van der Waals surface area contributed by atoms with Crippen molar-refractivity contribution in [3.05, 3.63) is 182 Å². The van der Waals surface area contributed by atoms with Gasteiger partial charge in [-0.25, -0.2) is 19.9 Å². The third-order valence-electron chi connectivity index (χ3n) is 10.3. The van der Waals surface area contributed by atoms with Gasteiger partial charge >= 0.3 is 0 Å². The minimum atomic E-state index is 0.571. The second kappa shape index (κ2) is 13.0. The van der Waals surface area contributed by atoms with E-state index in [4.69, 9.17) is 28.8 Å². The minimum absolute atomic E-state index is 0.571. The maximum atomic E-state index is 6.46. The third-order valence-corrected chi connectivity index (χ3v) is 10.3. The lowest BCUT2D eigenvalue weighted by Gasteiger charge is -2.13. The van der Waals surface area contributed by atoms with Crippen LogP contribution in [0, 0.1) is 0 Å². The average molecular weight is 719 g/mol. The van der Waals surface area contributed by atoms with Crippen LogP contribution in [0.1, 0.15) is 0 Å². The van der Waals surface area contributed by atoms with E-state index in [0.29, 0.717) is 28.9 Å². The second-order valence-corrected chi connectivity index (χ2v) is 13.9. The van der Waals surface area contributed by atoms with Crippen molar-refractivity contribution in [2.45, 2.75) is 0 Å². The Morgan fingerprint density at radius 3 is 1.43 bits per heavy atom. The maximum absolute atomic E-state index is 6.46. The van der Waals surface area contributed by atoms with Gasteiger partial charge in [0.2, 0.25) is 5.89 Å². The predicted molar refractivity (Wildman–Crippen MR) is 225 cm³/mol. The number of rotatable bonds is 6. The molecule has 8 aromatic carbocycles. The number of nitrogens with zero attached hydrogens (tertiary/aromatic N) is 4. The lowest BCUT2D eigenvalue weighted by Crippen LogP contribution is -2.00. The van der Waals surface area contributed by atoms with Crippen LogP contribution in [0.25, 0.3) is 112 Å². The standard InChI is InChI=1S/C50H30N4O2/c1-5-13-31(14-6-1)37-27-38(32-15-7-2-8-16-32)29-39(28-37)49-53-47(34-17-9-3-10-18-34)52-48(54-49)36-22-21-33-23-24-41-44(40(33)30-36)45-42(55-41)25-26-43-46(45)51-50(56-43)35-19-11-4-12-20-35/h1-30H. The van der Waals surface area contributed by atoms with Crippen LogP contribution >= 0.6 is 0 Å². The molecule has 11 rings (SSSR count). The summed E-state index contributed by atoms with van der Waals surface area (Å²) in [6.45, 7) is 0. The summed E-state index contributed by atoms with van der Waals surface area (Å²) >= 11 is 0. The second-order valence-electron chi connectivity index (χ2n) is 13.9. The Morgan fingerprint density at radius 2 is 0.786 bits per heavy atom. The molecule has 262 valence electrons. The van der Waals surface area contributed by atoms with E-state index in [1.54, 1.807) is 0 Å². The van der Waals surface area contributed by atoms with E-state index >= 15 is 0 Å². The number of hydrogen-bond donors (Lipinski definition) is 0. The Kier molecular flexibility index (Phi) is 7.38. The normalized spacial score (nSPS) is 11.6. The molecule has 0 aliphatic carbocycles. The molecule has 0 saturated carbocycles. The molecule has 0 unspecified atom stereocenters. The van der Waals surface area contributed by atoms with Crippen LogP contribution in [0.4, 0.5) is 0 Å². The summed E-state index contributed by atoms with van der Waals surface area (Å²) in [6.07, 6.45) is 0. The molecule has 0 atom stereocenters. The van der Waals surface area contributed by atoms with Gasteiger partial charge in [0.15, 0.2) is 23.1 Å². The lowest BCUT2D eigenvalue weighted by molar-refractivity contribution is 0.619. The highest BCUT2D eigenvalue weighted by Gasteiger charge is 2.20. The summed E-state index contributed by atoms with van der Waals surface area (Å²) < 4.78 is 12.7. The molecule has 56 heavy (non-hydrogen) atoms. The first-order valence-corrected chi connectivity index (χ1v) is 18.5. The van der Waals surface area contributed by atoms with Crippen LogP contribution in [0.3, 0.4) is 0 Å². The fourth-order valence-electron chi connectivity index (χ4n) is 7.61. The fourth-order valence-corrected chi connectivity index (χ4v) is 7.61. The van der Waals surface area contributed by atoms with Crippen molar-refractivity contribution < 1.29 is 8.83 Å². The van der Waals surface area contributed by atoms with Crippen molar-refractivity contribution >= 4 is 43.8 Å². The smallest absolute Gasteiger partial charge is 0.227 e. The molecule has 0 saturated heterocycles. The van der Waals surface area contributed by atoms with Crippen LogP contribution < -0.4 is 0 Å². The number of benzene rings is 8. The summed E-state index contributed by atoms with van der Waals surface area (Å²) in [5, 5.41) is 3.96. The van der Waals surface area contributed by atoms with Gasteiger partial charge in [-0.3, -0.25) is 0 Å². The Morgan fingerprint density at radius 1 is 0.304 bits per heavy atom. The molecular weight excluding hydrogens is 689 g/mol. The van der Waals surface area contributed by atoms with E-state index in [1.165, 1.54) is 0 Å². The Hall–Kier alpha value is -7.70. The van der Waals surface area contributed by atoms with Crippen LogP contribution in [-0.2, 0) is 0 Å². The van der Waals surface area contributed by atoms with Gasteiger partial charge in [-0.05, 0) is 87.6 Å². The van der Waals surface area contributed by atoms with Gasteiger partial charge in [-0.15, -0.1) is 0 Å². The van der Waals surface area contributed by atoms with E-state index < -0.39 is 0 Å². The SMILES string of the molecule is c1ccc(-c2cc(-c3ccccc3)cc(-c3nc(-c4ccccc4)nc(-c4ccc5ccc6oc7ccc8oc(-c9ccccc9)nc8c7c6c5c4)n3)c2)cc1. The highest BCUT2D eigenvalue weighted by molar-refractivity contribution is 6.25. The zero-order valence-electron chi connectivity index (χ0n) is 29.9. The van der Waals surface area contributed by atoms with E-state index in [2.05, 4.69) is 91.0 Å². The van der Waals surface area contributed by atoms with Gasteiger partial charge in [-0.1, -0.05) is 127 Å². The molecule has 0 aliphatic heterocycles. The highest BCUT2D eigenvalue weighted by atomic mass is 16.4. The van der Waals surface area contributed by atoms with Crippen LogP contribution in [0.15, 0.2) is 191 Å². The van der Waals surface area contributed by atoms with Crippen molar-refractivity contribution in [1.29, 1.82) is 0 Å². The van der Waals surface area contributed by atoms with Crippen molar-refractivity contribution in [3.63, 3.8) is 0 Å². The largest absolute Gasteiger partial charge is 0.456 e. The Balaban J connectivity index is 1.13.